The number of hydrogen-bond donors (Lipinski definition) is 1. The molecule has 3 nitrogen and oxygen atoms in total. The van der Waals surface area contributed by atoms with E-state index in [0.29, 0.717) is 27.0 Å². The van der Waals surface area contributed by atoms with Crippen molar-refractivity contribution in [3.63, 3.8) is 0 Å². The number of halogens is 1. The third-order valence-corrected chi connectivity index (χ3v) is 3.25. The molecule has 92 valence electrons. The van der Waals surface area contributed by atoms with E-state index in [1.807, 2.05) is 6.07 Å². The van der Waals surface area contributed by atoms with Crippen LogP contribution in [0.4, 0.5) is 5.69 Å². The third kappa shape index (κ3) is 2.38. The lowest BCUT2D eigenvalue weighted by atomic mass is 10.0. The van der Waals surface area contributed by atoms with Gasteiger partial charge in [-0.3, -0.25) is 4.79 Å². The number of ether oxygens (including phenoxy) is 1. The Morgan fingerprint density at radius 3 is 2.56 bits per heavy atom. The van der Waals surface area contributed by atoms with E-state index in [1.165, 1.54) is 0 Å². The first kappa shape index (κ1) is 12.6. The number of para-hydroxylation sites is 1. The summed E-state index contributed by atoms with van der Waals surface area (Å²) in [5.41, 5.74) is 7.36. The summed E-state index contributed by atoms with van der Waals surface area (Å²) in [4.78, 5) is 12.4. The minimum atomic E-state index is -0.0978. The van der Waals surface area contributed by atoms with Crippen LogP contribution < -0.4 is 10.5 Å². The van der Waals surface area contributed by atoms with E-state index in [0.717, 1.165) is 0 Å². The number of carbonyl (C=O) groups excluding carboxylic acids is 1. The van der Waals surface area contributed by atoms with Crippen molar-refractivity contribution >= 4 is 27.4 Å². The van der Waals surface area contributed by atoms with E-state index in [1.54, 1.807) is 43.5 Å². The maximum absolute atomic E-state index is 12.4. The molecule has 2 N–H and O–H groups in total. The highest BCUT2D eigenvalue weighted by atomic mass is 79.9. The van der Waals surface area contributed by atoms with Crippen molar-refractivity contribution in [2.75, 3.05) is 12.8 Å². The van der Waals surface area contributed by atoms with Gasteiger partial charge in [0.15, 0.2) is 5.78 Å². The Balaban J connectivity index is 2.48. The van der Waals surface area contributed by atoms with E-state index in [-0.39, 0.29) is 5.78 Å². The minimum absolute atomic E-state index is 0.0978. The van der Waals surface area contributed by atoms with Crippen molar-refractivity contribution in [3.05, 3.63) is 58.1 Å². The van der Waals surface area contributed by atoms with Crippen LogP contribution in [-0.2, 0) is 0 Å². The first-order chi connectivity index (χ1) is 8.63. The monoisotopic (exact) mass is 305 g/mol. The van der Waals surface area contributed by atoms with Crippen LogP contribution in [0.25, 0.3) is 0 Å². The van der Waals surface area contributed by atoms with E-state index in [4.69, 9.17) is 10.5 Å². The van der Waals surface area contributed by atoms with E-state index >= 15 is 0 Å². The standard InChI is InChI=1S/C14H12BrNO2/c1-18-13-5-3-2-4-11(13)14(17)10-7-6-9(16)8-12(10)15/h2-8H,16H2,1H3. The average Bonchev–Trinajstić information content (AvgIpc) is 2.38. The van der Waals surface area contributed by atoms with Gasteiger partial charge in [-0.2, -0.15) is 0 Å². The molecule has 0 saturated carbocycles. The number of rotatable bonds is 3. The van der Waals surface area contributed by atoms with Gasteiger partial charge < -0.3 is 10.5 Å². The van der Waals surface area contributed by atoms with Crippen molar-refractivity contribution in [1.29, 1.82) is 0 Å². The molecule has 2 rings (SSSR count). The summed E-state index contributed by atoms with van der Waals surface area (Å²) >= 11 is 3.35. The Labute approximate surface area is 114 Å². The number of anilines is 1. The Kier molecular flexibility index (Phi) is 3.67. The maximum Gasteiger partial charge on any atom is 0.197 e. The van der Waals surface area contributed by atoms with E-state index < -0.39 is 0 Å². The fraction of sp³-hybridized carbons (Fsp3) is 0.0714. The number of carbonyl (C=O) groups is 1. The molecule has 0 fully saturated rings. The zero-order chi connectivity index (χ0) is 13.1. The first-order valence-corrected chi connectivity index (χ1v) is 6.15. The number of methoxy groups -OCH3 is 1. The highest BCUT2D eigenvalue weighted by Gasteiger charge is 2.16. The molecule has 0 bridgehead atoms. The van der Waals surface area contributed by atoms with Crippen LogP contribution in [0.15, 0.2) is 46.9 Å². The average molecular weight is 306 g/mol. The summed E-state index contributed by atoms with van der Waals surface area (Å²) in [6, 6.07) is 12.3. The lowest BCUT2D eigenvalue weighted by Crippen LogP contribution is -2.05. The lowest BCUT2D eigenvalue weighted by molar-refractivity contribution is 0.103. The molecule has 0 aliphatic heterocycles. The Morgan fingerprint density at radius 1 is 1.17 bits per heavy atom. The van der Waals surface area contributed by atoms with Crippen molar-refractivity contribution in [1.82, 2.24) is 0 Å². The molecule has 0 heterocycles. The van der Waals surface area contributed by atoms with Gasteiger partial charge in [-0.05, 0) is 46.3 Å². The van der Waals surface area contributed by atoms with Crippen LogP contribution in [-0.4, -0.2) is 12.9 Å². The Morgan fingerprint density at radius 2 is 1.89 bits per heavy atom. The summed E-state index contributed by atoms with van der Waals surface area (Å²) in [5.74, 6) is 0.463. The smallest absolute Gasteiger partial charge is 0.197 e. The Hall–Kier alpha value is -1.81. The molecule has 2 aromatic rings. The van der Waals surface area contributed by atoms with Crippen LogP contribution in [0.1, 0.15) is 15.9 Å². The summed E-state index contributed by atoms with van der Waals surface area (Å²) in [7, 11) is 1.55. The third-order valence-electron chi connectivity index (χ3n) is 2.59. The topological polar surface area (TPSA) is 52.3 Å². The molecule has 0 atom stereocenters. The van der Waals surface area contributed by atoms with Gasteiger partial charge in [0.1, 0.15) is 5.75 Å². The lowest BCUT2D eigenvalue weighted by Gasteiger charge is -2.08. The van der Waals surface area contributed by atoms with Crippen molar-refractivity contribution in [3.8, 4) is 5.75 Å². The normalized spacial score (nSPS) is 10.1. The van der Waals surface area contributed by atoms with Crippen LogP contribution in [0, 0.1) is 0 Å². The molecule has 0 saturated heterocycles. The maximum atomic E-state index is 12.4. The van der Waals surface area contributed by atoms with Crippen LogP contribution in [0.5, 0.6) is 5.75 Å². The zero-order valence-electron chi connectivity index (χ0n) is 9.81. The second-order valence-corrected chi connectivity index (χ2v) is 4.62. The Bertz CT molecular complexity index is 596. The summed E-state index contributed by atoms with van der Waals surface area (Å²) < 4.78 is 5.87. The predicted molar refractivity (Wildman–Crippen MR) is 75.0 cm³/mol. The number of hydrogen-bond acceptors (Lipinski definition) is 3. The number of benzene rings is 2. The molecule has 18 heavy (non-hydrogen) atoms. The summed E-state index contributed by atoms with van der Waals surface area (Å²) in [5, 5.41) is 0. The molecule has 0 spiro atoms. The SMILES string of the molecule is COc1ccccc1C(=O)c1ccc(N)cc1Br. The number of ketones is 1. The second kappa shape index (κ2) is 5.23. The van der Waals surface area contributed by atoms with Gasteiger partial charge in [-0.1, -0.05) is 12.1 Å². The second-order valence-electron chi connectivity index (χ2n) is 3.77. The molecule has 0 aliphatic rings. The molecular weight excluding hydrogens is 294 g/mol. The molecule has 0 unspecified atom stereocenters. The van der Waals surface area contributed by atoms with E-state index in [2.05, 4.69) is 15.9 Å². The summed E-state index contributed by atoms with van der Waals surface area (Å²) in [6.45, 7) is 0. The largest absolute Gasteiger partial charge is 0.496 e. The highest BCUT2D eigenvalue weighted by Crippen LogP contribution is 2.26. The van der Waals surface area contributed by atoms with E-state index in [9.17, 15) is 4.79 Å². The molecule has 0 amide bonds. The predicted octanol–water partition coefficient (Wildman–Crippen LogP) is 3.27. The van der Waals surface area contributed by atoms with Gasteiger partial charge >= 0.3 is 0 Å². The van der Waals surface area contributed by atoms with Crippen LogP contribution in [0.3, 0.4) is 0 Å². The quantitative estimate of drug-likeness (QED) is 0.699. The van der Waals surface area contributed by atoms with Crippen LogP contribution in [0.2, 0.25) is 0 Å². The van der Waals surface area contributed by atoms with Crippen molar-refractivity contribution in [2.45, 2.75) is 0 Å². The minimum Gasteiger partial charge on any atom is -0.496 e. The number of nitrogens with two attached hydrogens (primary N) is 1. The number of nitrogen functional groups attached to an aromatic ring is 1. The molecule has 0 aromatic heterocycles. The van der Waals surface area contributed by atoms with Gasteiger partial charge in [0.05, 0.1) is 12.7 Å². The molecule has 0 radical (unpaired) electrons. The molecule has 2 aromatic carbocycles. The van der Waals surface area contributed by atoms with Crippen LogP contribution >= 0.6 is 15.9 Å². The van der Waals surface area contributed by atoms with Gasteiger partial charge in [0.2, 0.25) is 0 Å². The van der Waals surface area contributed by atoms with Crippen molar-refractivity contribution in [2.24, 2.45) is 0 Å². The van der Waals surface area contributed by atoms with Gasteiger partial charge in [0.25, 0.3) is 0 Å². The van der Waals surface area contributed by atoms with Gasteiger partial charge in [-0.25, -0.2) is 0 Å². The van der Waals surface area contributed by atoms with Gasteiger partial charge in [0, 0.05) is 15.7 Å². The molecular formula is C14H12BrNO2. The summed E-state index contributed by atoms with van der Waals surface area (Å²) in [6.07, 6.45) is 0. The zero-order valence-corrected chi connectivity index (χ0v) is 11.4. The van der Waals surface area contributed by atoms with Gasteiger partial charge in [-0.15, -0.1) is 0 Å². The highest BCUT2D eigenvalue weighted by molar-refractivity contribution is 9.10. The van der Waals surface area contributed by atoms with Crippen molar-refractivity contribution < 1.29 is 9.53 Å². The fourth-order valence-electron chi connectivity index (χ4n) is 1.69. The first-order valence-electron chi connectivity index (χ1n) is 5.36. The molecule has 4 heteroatoms. The molecule has 0 aliphatic carbocycles. The fourth-order valence-corrected chi connectivity index (χ4v) is 2.27.